The maximum absolute atomic E-state index is 13.2. The summed E-state index contributed by atoms with van der Waals surface area (Å²) in [7, 11) is 0. The molecule has 0 spiro atoms. The van der Waals surface area contributed by atoms with Crippen LogP contribution in [0.15, 0.2) is 18.2 Å². The summed E-state index contributed by atoms with van der Waals surface area (Å²) in [5, 5.41) is 3.16. The summed E-state index contributed by atoms with van der Waals surface area (Å²) < 4.78 is 0. The van der Waals surface area contributed by atoms with Crippen LogP contribution >= 0.6 is 11.8 Å². The minimum absolute atomic E-state index is 0.00891. The summed E-state index contributed by atoms with van der Waals surface area (Å²) in [6, 6.07) is 6.13. The summed E-state index contributed by atoms with van der Waals surface area (Å²) in [4.78, 5) is 39.1. The molecule has 1 atom stereocenters. The van der Waals surface area contributed by atoms with Gasteiger partial charge in [-0.05, 0) is 43.9 Å². The van der Waals surface area contributed by atoms with Gasteiger partial charge in [-0.1, -0.05) is 43.2 Å². The molecule has 146 valence electrons. The van der Waals surface area contributed by atoms with Crippen molar-refractivity contribution in [1.82, 2.24) is 5.32 Å². The predicted octanol–water partition coefficient (Wildman–Crippen LogP) is 3.37. The van der Waals surface area contributed by atoms with Gasteiger partial charge < -0.3 is 10.2 Å². The molecule has 1 saturated carbocycles. The van der Waals surface area contributed by atoms with E-state index in [0.29, 0.717) is 5.75 Å². The third-order valence-corrected chi connectivity index (χ3v) is 6.46. The molecule has 2 fully saturated rings. The van der Waals surface area contributed by atoms with Gasteiger partial charge in [-0.3, -0.25) is 14.4 Å². The molecule has 1 heterocycles. The van der Waals surface area contributed by atoms with E-state index < -0.39 is 0 Å². The van der Waals surface area contributed by atoms with E-state index >= 15 is 0 Å². The molecule has 1 aliphatic heterocycles. The predicted molar refractivity (Wildman–Crippen MR) is 109 cm³/mol. The highest BCUT2D eigenvalue weighted by Crippen LogP contribution is 2.30. The summed E-state index contributed by atoms with van der Waals surface area (Å²) in [6.07, 6.45) is 5.80. The van der Waals surface area contributed by atoms with Crippen molar-refractivity contribution >= 4 is 34.4 Å². The van der Waals surface area contributed by atoms with Crippen LogP contribution in [-0.2, 0) is 14.4 Å². The van der Waals surface area contributed by atoms with Crippen molar-refractivity contribution < 1.29 is 14.4 Å². The molecule has 1 N–H and O–H groups in total. The number of amides is 2. The van der Waals surface area contributed by atoms with Crippen LogP contribution in [0.4, 0.5) is 5.69 Å². The van der Waals surface area contributed by atoms with E-state index in [9.17, 15) is 14.4 Å². The molecular weight excluding hydrogens is 360 g/mol. The number of nitrogens with zero attached hydrogens (tertiary/aromatic N) is 1. The van der Waals surface area contributed by atoms with E-state index in [0.717, 1.165) is 42.5 Å². The molecule has 2 aliphatic rings. The molecule has 1 aromatic rings. The smallest absolute Gasteiger partial charge is 0.240 e. The lowest BCUT2D eigenvalue weighted by Gasteiger charge is -2.28. The van der Waals surface area contributed by atoms with E-state index in [1.807, 2.05) is 32.0 Å². The Kier molecular flexibility index (Phi) is 6.58. The molecule has 1 aliphatic carbocycles. The highest BCUT2D eigenvalue weighted by Gasteiger charge is 2.34. The third kappa shape index (κ3) is 5.12. The number of thioether (sulfide) groups is 1. The Morgan fingerprint density at radius 3 is 2.59 bits per heavy atom. The highest BCUT2D eigenvalue weighted by atomic mass is 32.2. The Balaban J connectivity index is 1.78. The largest absolute Gasteiger partial charge is 0.352 e. The van der Waals surface area contributed by atoms with E-state index in [1.165, 1.54) is 18.2 Å². The van der Waals surface area contributed by atoms with Crippen molar-refractivity contribution in [2.75, 3.05) is 17.2 Å². The fourth-order valence-corrected chi connectivity index (χ4v) is 4.81. The molecule has 1 aromatic carbocycles. The number of hydrogen-bond donors (Lipinski definition) is 1. The molecule has 6 heteroatoms. The maximum atomic E-state index is 13.2. The fourth-order valence-electron chi connectivity index (χ4n) is 3.85. The number of hydrogen-bond acceptors (Lipinski definition) is 4. The van der Waals surface area contributed by atoms with Crippen molar-refractivity contribution in [1.29, 1.82) is 0 Å². The molecule has 0 bridgehead atoms. The van der Waals surface area contributed by atoms with Gasteiger partial charge in [0.1, 0.15) is 6.54 Å². The first-order chi connectivity index (χ1) is 12.9. The van der Waals surface area contributed by atoms with Crippen molar-refractivity contribution in [2.45, 2.75) is 58.4 Å². The van der Waals surface area contributed by atoms with Gasteiger partial charge in [0.25, 0.3) is 0 Å². The average molecular weight is 389 g/mol. The number of anilines is 1. The Hall–Kier alpha value is -1.82. The number of carbonyl (C=O) groups is 3. The first kappa shape index (κ1) is 19.9. The van der Waals surface area contributed by atoms with Gasteiger partial charge in [-0.2, -0.15) is 0 Å². The summed E-state index contributed by atoms with van der Waals surface area (Å²) in [5.41, 5.74) is 2.76. The Labute approximate surface area is 165 Å². The van der Waals surface area contributed by atoms with Crippen LogP contribution in [0, 0.1) is 19.8 Å². The standard InChI is InChI=1S/C21H28N2O3S/c1-14-8-9-15(2)18(10-14)23(21(26)16-11-20(25)27-13-16)12-19(24)22-17-6-4-3-5-7-17/h8-10,16-17H,3-7,11-13H2,1-2H3,(H,22,24)/t16-/m1/s1. The average Bonchev–Trinajstić information content (AvgIpc) is 3.08. The highest BCUT2D eigenvalue weighted by molar-refractivity contribution is 8.14. The number of carbonyl (C=O) groups excluding carboxylic acids is 3. The van der Waals surface area contributed by atoms with Gasteiger partial charge in [0, 0.05) is 23.9 Å². The van der Waals surface area contributed by atoms with Crippen LogP contribution in [-0.4, -0.2) is 35.3 Å². The van der Waals surface area contributed by atoms with Gasteiger partial charge in [0.05, 0.1) is 5.92 Å². The molecule has 2 amide bonds. The number of nitrogens with one attached hydrogen (secondary N) is 1. The molecule has 0 aromatic heterocycles. The normalized spacial score (nSPS) is 20.5. The van der Waals surface area contributed by atoms with Crippen LogP contribution in [0.25, 0.3) is 0 Å². The van der Waals surface area contributed by atoms with Crippen molar-refractivity contribution in [3.63, 3.8) is 0 Å². The fraction of sp³-hybridized carbons (Fsp3) is 0.571. The second kappa shape index (κ2) is 8.91. The first-order valence-corrected chi connectivity index (χ1v) is 10.8. The van der Waals surface area contributed by atoms with E-state index in [2.05, 4.69) is 5.32 Å². The summed E-state index contributed by atoms with van der Waals surface area (Å²) in [5.74, 6) is -0.0811. The van der Waals surface area contributed by atoms with Crippen molar-refractivity contribution in [3.8, 4) is 0 Å². The van der Waals surface area contributed by atoms with E-state index in [-0.39, 0.29) is 41.9 Å². The van der Waals surface area contributed by atoms with Gasteiger partial charge in [-0.15, -0.1) is 0 Å². The zero-order valence-corrected chi connectivity index (χ0v) is 16.9. The van der Waals surface area contributed by atoms with Crippen LogP contribution in [0.2, 0.25) is 0 Å². The molecular formula is C21H28N2O3S. The summed E-state index contributed by atoms with van der Waals surface area (Å²) in [6.45, 7) is 3.93. The van der Waals surface area contributed by atoms with Crippen molar-refractivity contribution in [3.05, 3.63) is 29.3 Å². The van der Waals surface area contributed by atoms with Gasteiger partial charge in [0.2, 0.25) is 11.8 Å². The van der Waals surface area contributed by atoms with Crippen molar-refractivity contribution in [2.24, 2.45) is 5.92 Å². The molecule has 0 radical (unpaired) electrons. The minimum atomic E-state index is -0.343. The van der Waals surface area contributed by atoms with Gasteiger partial charge in [-0.25, -0.2) is 0 Å². The summed E-state index contributed by atoms with van der Waals surface area (Å²) >= 11 is 1.21. The number of aryl methyl sites for hydroxylation is 2. The molecule has 5 nitrogen and oxygen atoms in total. The quantitative estimate of drug-likeness (QED) is 0.840. The molecule has 0 unspecified atom stereocenters. The minimum Gasteiger partial charge on any atom is -0.352 e. The lowest BCUT2D eigenvalue weighted by Crippen LogP contribution is -2.46. The van der Waals surface area contributed by atoms with E-state index in [1.54, 1.807) is 4.90 Å². The Morgan fingerprint density at radius 1 is 1.19 bits per heavy atom. The first-order valence-electron chi connectivity index (χ1n) is 9.77. The number of benzene rings is 1. The van der Waals surface area contributed by atoms with Gasteiger partial charge >= 0.3 is 0 Å². The van der Waals surface area contributed by atoms with Gasteiger partial charge in [0.15, 0.2) is 5.12 Å². The molecule has 1 saturated heterocycles. The molecule has 3 rings (SSSR count). The van der Waals surface area contributed by atoms with Crippen LogP contribution in [0.3, 0.4) is 0 Å². The Morgan fingerprint density at radius 2 is 1.93 bits per heavy atom. The number of rotatable bonds is 5. The lowest BCUT2D eigenvalue weighted by molar-refractivity contribution is -0.126. The van der Waals surface area contributed by atoms with Crippen LogP contribution < -0.4 is 10.2 Å². The second-order valence-corrected chi connectivity index (χ2v) is 8.78. The second-order valence-electron chi connectivity index (χ2n) is 7.70. The van der Waals surface area contributed by atoms with E-state index in [4.69, 9.17) is 0 Å². The topological polar surface area (TPSA) is 66.5 Å². The van der Waals surface area contributed by atoms with Crippen LogP contribution in [0.1, 0.15) is 49.7 Å². The zero-order valence-electron chi connectivity index (χ0n) is 16.1. The monoisotopic (exact) mass is 388 g/mol. The lowest BCUT2D eigenvalue weighted by atomic mass is 9.95. The van der Waals surface area contributed by atoms with Crippen LogP contribution in [0.5, 0.6) is 0 Å². The third-order valence-electron chi connectivity index (χ3n) is 5.40. The molecule has 27 heavy (non-hydrogen) atoms. The SMILES string of the molecule is Cc1ccc(C)c(N(CC(=O)NC2CCCCC2)C(=O)[C@H]2CSC(=O)C2)c1. The maximum Gasteiger partial charge on any atom is 0.240 e. The zero-order chi connectivity index (χ0) is 19.4. The Bertz CT molecular complexity index is 728.